The second-order valence-electron chi connectivity index (χ2n) is 6.76. The summed E-state index contributed by atoms with van der Waals surface area (Å²) in [4.78, 5) is 16.2. The van der Waals surface area contributed by atoms with Gasteiger partial charge in [-0.05, 0) is 54.3 Å². The number of nitrogens with zero attached hydrogens (tertiary/aromatic N) is 2. The van der Waals surface area contributed by atoms with Gasteiger partial charge >= 0.3 is 5.97 Å². The first kappa shape index (κ1) is 20.6. The molecule has 3 aromatic heterocycles. The van der Waals surface area contributed by atoms with Crippen molar-refractivity contribution >= 4 is 49.6 Å². The van der Waals surface area contributed by atoms with E-state index in [1.54, 1.807) is 46.3 Å². The highest BCUT2D eigenvalue weighted by atomic mass is 35.5. The van der Waals surface area contributed by atoms with Gasteiger partial charge in [0.15, 0.2) is 5.03 Å². The number of aromatic nitrogens is 2. The van der Waals surface area contributed by atoms with Gasteiger partial charge in [-0.2, -0.15) is 0 Å². The average molecular weight is 461 g/mol. The fourth-order valence-corrected chi connectivity index (χ4v) is 6.38. The minimum absolute atomic E-state index is 0.00211. The number of carboxylic acids is 1. The molecule has 30 heavy (non-hydrogen) atoms. The highest BCUT2D eigenvalue weighted by molar-refractivity contribution is 7.91. The molecule has 1 aromatic carbocycles. The van der Waals surface area contributed by atoms with Gasteiger partial charge in [0.1, 0.15) is 6.54 Å². The highest BCUT2D eigenvalue weighted by Gasteiger charge is 2.25. The summed E-state index contributed by atoms with van der Waals surface area (Å²) in [7, 11) is -3.76. The van der Waals surface area contributed by atoms with E-state index in [0.717, 1.165) is 22.2 Å². The quantitative estimate of drug-likeness (QED) is 0.455. The maximum atomic E-state index is 13.1. The van der Waals surface area contributed by atoms with Crippen LogP contribution in [-0.4, -0.2) is 29.0 Å². The Kier molecular flexibility index (Phi) is 5.40. The van der Waals surface area contributed by atoms with Gasteiger partial charge in [0, 0.05) is 39.1 Å². The van der Waals surface area contributed by atoms with E-state index in [9.17, 15) is 18.3 Å². The van der Waals surface area contributed by atoms with Gasteiger partial charge in [-0.1, -0.05) is 17.7 Å². The maximum absolute atomic E-state index is 13.1. The van der Waals surface area contributed by atoms with Crippen molar-refractivity contribution in [3.05, 3.63) is 75.2 Å². The lowest BCUT2D eigenvalue weighted by Gasteiger charge is -2.07. The van der Waals surface area contributed by atoms with Crippen molar-refractivity contribution in [1.82, 2.24) is 9.55 Å². The van der Waals surface area contributed by atoms with E-state index in [-0.39, 0.29) is 16.5 Å². The summed E-state index contributed by atoms with van der Waals surface area (Å²) >= 11 is 7.54. The van der Waals surface area contributed by atoms with Crippen molar-refractivity contribution in [3.63, 3.8) is 0 Å². The number of carboxylic acid groups (broad SMARTS) is 1. The minimum atomic E-state index is -3.76. The lowest BCUT2D eigenvalue weighted by molar-refractivity contribution is -0.137. The zero-order valence-electron chi connectivity index (χ0n) is 15.9. The average Bonchev–Trinajstić information content (AvgIpc) is 3.28. The first-order chi connectivity index (χ1) is 14.3. The maximum Gasteiger partial charge on any atom is 0.323 e. The van der Waals surface area contributed by atoms with Gasteiger partial charge in [-0.25, -0.2) is 13.4 Å². The van der Waals surface area contributed by atoms with Gasteiger partial charge in [-0.3, -0.25) is 4.79 Å². The van der Waals surface area contributed by atoms with E-state index >= 15 is 0 Å². The molecule has 0 aliphatic rings. The molecule has 0 bridgehead atoms. The number of fused-ring (bicyclic) bond motifs is 1. The van der Waals surface area contributed by atoms with Crippen molar-refractivity contribution in [2.45, 2.75) is 29.8 Å². The number of halogens is 1. The first-order valence-electron chi connectivity index (χ1n) is 9.00. The highest BCUT2D eigenvalue weighted by Crippen LogP contribution is 2.34. The minimum Gasteiger partial charge on any atom is -0.480 e. The van der Waals surface area contributed by atoms with E-state index in [1.807, 2.05) is 6.92 Å². The van der Waals surface area contributed by atoms with Crippen LogP contribution in [0.15, 0.2) is 64.0 Å². The fraction of sp³-hybridized carbons (Fsp3) is 0.143. The van der Waals surface area contributed by atoms with Crippen LogP contribution in [0.2, 0.25) is 5.02 Å². The third kappa shape index (κ3) is 3.62. The summed E-state index contributed by atoms with van der Waals surface area (Å²) in [5.41, 5.74) is 2.37. The number of rotatable bonds is 6. The SMILES string of the molecule is Cc1c(Cc2sccc2S(=O)(=O)c2ccccn2)c2cc(Cl)ccc2n1CC(=O)O. The molecule has 6 nitrogen and oxygen atoms in total. The smallest absolute Gasteiger partial charge is 0.323 e. The lowest BCUT2D eigenvalue weighted by Crippen LogP contribution is -2.10. The molecule has 0 amide bonds. The molecule has 3 heterocycles. The third-order valence-electron chi connectivity index (χ3n) is 4.95. The Morgan fingerprint density at radius 3 is 2.73 bits per heavy atom. The van der Waals surface area contributed by atoms with Crippen LogP contribution in [0.25, 0.3) is 10.9 Å². The molecular formula is C21H17ClN2O4S2. The Labute approximate surface area is 182 Å². The molecule has 154 valence electrons. The first-order valence-corrected chi connectivity index (χ1v) is 11.7. The van der Waals surface area contributed by atoms with Crippen molar-refractivity contribution in [2.75, 3.05) is 0 Å². The summed E-state index contributed by atoms with van der Waals surface area (Å²) in [5.74, 6) is -0.953. The van der Waals surface area contributed by atoms with Gasteiger partial charge in [-0.15, -0.1) is 11.3 Å². The lowest BCUT2D eigenvalue weighted by atomic mass is 10.1. The number of hydrogen-bond donors (Lipinski definition) is 1. The Balaban J connectivity index is 1.84. The van der Waals surface area contributed by atoms with Crippen LogP contribution in [0, 0.1) is 6.92 Å². The Morgan fingerprint density at radius 1 is 1.23 bits per heavy atom. The number of carbonyl (C=O) groups is 1. The molecule has 0 radical (unpaired) electrons. The third-order valence-corrected chi connectivity index (χ3v) is 7.99. The van der Waals surface area contributed by atoms with Crippen LogP contribution in [0.4, 0.5) is 0 Å². The summed E-state index contributed by atoms with van der Waals surface area (Å²) in [6.45, 7) is 1.65. The zero-order chi connectivity index (χ0) is 21.5. The van der Waals surface area contributed by atoms with Crippen LogP contribution in [-0.2, 0) is 27.6 Å². The number of aliphatic carboxylic acids is 1. The fourth-order valence-electron chi connectivity index (χ4n) is 3.56. The summed E-state index contributed by atoms with van der Waals surface area (Å²) in [6, 6.07) is 11.7. The second kappa shape index (κ2) is 7.86. The largest absolute Gasteiger partial charge is 0.480 e. The molecule has 0 aliphatic heterocycles. The van der Waals surface area contributed by atoms with Crippen molar-refractivity contribution in [3.8, 4) is 0 Å². The number of pyridine rings is 1. The van der Waals surface area contributed by atoms with Crippen molar-refractivity contribution < 1.29 is 18.3 Å². The Hall–Kier alpha value is -2.68. The molecule has 0 saturated carbocycles. The molecule has 0 aliphatic carbocycles. The van der Waals surface area contributed by atoms with Gasteiger partial charge in [0.2, 0.25) is 9.84 Å². The van der Waals surface area contributed by atoms with Gasteiger partial charge in [0.05, 0.1) is 4.90 Å². The molecule has 4 aromatic rings. The van der Waals surface area contributed by atoms with Crippen molar-refractivity contribution in [2.24, 2.45) is 0 Å². The van der Waals surface area contributed by atoms with Crippen LogP contribution in [0.3, 0.4) is 0 Å². The van der Waals surface area contributed by atoms with Crippen molar-refractivity contribution in [1.29, 1.82) is 0 Å². The monoisotopic (exact) mass is 460 g/mol. The molecule has 0 atom stereocenters. The molecular weight excluding hydrogens is 444 g/mol. The molecule has 0 saturated heterocycles. The predicted octanol–water partition coefficient (Wildman–Crippen LogP) is 4.57. The molecule has 4 rings (SSSR count). The normalized spacial score (nSPS) is 11.8. The number of benzene rings is 1. The number of hydrogen-bond acceptors (Lipinski definition) is 5. The van der Waals surface area contributed by atoms with E-state index in [0.29, 0.717) is 16.3 Å². The summed E-state index contributed by atoms with van der Waals surface area (Å²) in [6.07, 6.45) is 1.79. The van der Waals surface area contributed by atoms with Crippen LogP contribution >= 0.6 is 22.9 Å². The zero-order valence-corrected chi connectivity index (χ0v) is 18.3. The summed E-state index contributed by atoms with van der Waals surface area (Å²) in [5, 5.41) is 12.4. The predicted molar refractivity (Wildman–Crippen MR) is 116 cm³/mol. The number of sulfone groups is 1. The topological polar surface area (TPSA) is 89.3 Å². The Morgan fingerprint density at radius 2 is 2.03 bits per heavy atom. The molecule has 1 N–H and O–H groups in total. The molecule has 9 heteroatoms. The number of thiophene rings is 1. The van der Waals surface area contributed by atoms with Gasteiger partial charge < -0.3 is 9.67 Å². The van der Waals surface area contributed by atoms with E-state index < -0.39 is 15.8 Å². The van der Waals surface area contributed by atoms with Crippen LogP contribution in [0.5, 0.6) is 0 Å². The second-order valence-corrected chi connectivity index (χ2v) is 10.1. The van der Waals surface area contributed by atoms with E-state index in [2.05, 4.69) is 4.98 Å². The van der Waals surface area contributed by atoms with Gasteiger partial charge in [0.25, 0.3) is 0 Å². The summed E-state index contributed by atoms with van der Waals surface area (Å²) < 4.78 is 27.9. The molecule has 0 unspecified atom stereocenters. The van der Waals surface area contributed by atoms with E-state index in [1.165, 1.54) is 23.6 Å². The van der Waals surface area contributed by atoms with Crippen LogP contribution < -0.4 is 0 Å². The van der Waals surface area contributed by atoms with Crippen LogP contribution in [0.1, 0.15) is 16.1 Å². The Bertz CT molecular complexity index is 1360. The standard InChI is InChI=1S/C21H17ClN2O4S2/c1-13-15(16-10-14(22)5-6-17(16)24(13)12-21(25)26)11-18-19(7-9-29-18)30(27,28)20-4-2-3-8-23-20/h2-10H,11-12H2,1H3,(H,25,26). The van der Waals surface area contributed by atoms with E-state index in [4.69, 9.17) is 11.6 Å². The molecule has 0 fully saturated rings. The molecule has 0 spiro atoms.